The molecule has 5 heteroatoms. The third kappa shape index (κ3) is 3.57. The van der Waals surface area contributed by atoms with Crippen molar-refractivity contribution in [2.45, 2.75) is 51.6 Å². The summed E-state index contributed by atoms with van der Waals surface area (Å²) in [5, 5.41) is 3.49. The lowest BCUT2D eigenvalue weighted by atomic mass is 9.87. The van der Waals surface area contributed by atoms with Crippen molar-refractivity contribution in [3.8, 4) is 0 Å². The van der Waals surface area contributed by atoms with E-state index in [1.807, 2.05) is 0 Å². The summed E-state index contributed by atoms with van der Waals surface area (Å²) in [6.07, 6.45) is 5.18. The molecule has 2 unspecified atom stereocenters. The van der Waals surface area contributed by atoms with Crippen molar-refractivity contribution in [1.29, 1.82) is 0 Å². The number of likely N-dealkylation sites (tertiary alicyclic amines) is 1. The van der Waals surface area contributed by atoms with Crippen molar-refractivity contribution < 1.29 is 4.74 Å². The number of hydrogen-bond acceptors (Lipinski definition) is 3. The molecule has 2 aliphatic heterocycles. The lowest BCUT2D eigenvalue weighted by Crippen LogP contribution is -2.42. The highest BCUT2D eigenvalue weighted by atomic mass is 16.5. The number of aliphatic imine (C=N–C) groups is 1. The van der Waals surface area contributed by atoms with E-state index < -0.39 is 0 Å². The molecule has 2 saturated heterocycles. The molecule has 22 heavy (non-hydrogen) atoms. The topological polar surface area (TPSA) is 40.1 Å². The van der Waals surface area contributed by atoms with Crippen LogP contribution in [0, 0.1) is 5.41 Å². The maximum absolute atomic E-state index is 5.64. The summed E-state index contributed by atoms with van der Waals surface area (Å²) < 4.78 is 5.64. The van der Waals surface area contributed by atoms with Gasteiger partial charge in [0.05, 0.1) is 13.2 Å². The van der Waals surface area contributed by atoms with E-state index in [0.717, 1.165) is 51.4 Å². The van der Waals surface area contributed by atoms with Crippen LogP contribution >= 0.6 is 0 Å². The zero-order chi connectivity index (χ0) is 15.6. The Bertz CT molecular complexity index is 401. The van der Waals surface area contributed by atoms with Gasteiger partial charge in [-0.2, -0.15) is 0 Å². The summed E-state index contributed by atoms with van der Waals surface area (Å²) >= 11 is 0. The zero-order valence-electron chi connectivity index (χ0n) is 14.5. The van der Waals surface area contributed by atoms with Gasteiger partial charge in [-0.05, 0) is 46.6 Å². The van der Waals surface area contributed by atoms with Crippen LogP contribution in [0.1, 0.15) is 39.5 Å². The molecule has 1 N–H and O–H groups in total. The van der Waals surface area contributed by atoms with Crippen molar-refractivity contribution in [2.24, 2.45) is 10.4 Å². The van der Waals surface area contributed by atoms with Crippen molar-refractivity contribution >= 4 is 5.96 Å². The van der Waals surface area contributed by atoms with Gasteiger partial charge in [0.2, 0.25) is 0 Å². The molecule has 126 valence electrons. The van der Waals surface area contributed by atoms with Gasteiger partial charge in [0, 0.05) is 43.7 Å². The molecular formula is C17H32N4O. The Morgan fingerprint density at radius 3 is 2.91 bits per heavy atom. The van der Waals surface area contributed by atoms with Crippen LogP contribution in [0.5, 0.6) is 0 Å². The van der Waals surface area contributed by atoms with Gasteiger partial charge in [-0.25, -0.2) is 0 Å². The Kier molecular flexibility index (Phi) is 4.93. The van der Waals surface area contributed by atoms with E-state index in [1.54, 1.807) is 0 Å². The van der Waals surface area contributed by atoms with Gasteiger partial charge in [0.25, 0.3) is 0 Å². The molecule has 1 saturated carbocycles. The van der Waals surface area contributed by atoms with Crippen LogP contribution in [0.4, 0.5) is 0 Å². The van der Waals surface area contributed by atoms with Gasteiger partial charge < -0.3 is 15.0 Å². The first kappa shape index (κ1) is 16.1. The Balaban J connectivity index is 1.58. The molecule has 0 aromatic heterocycles. The van der Waals surface area contributed by atoms with Crippen molar-refractivity contribution in [2.75, 3.05) is 46.4 Å². The van der Waals surface area contributed by atoms with E-state index in [1.165, 1.54) is 25.7 Å². The summed E-state index contributed by atoms with van der Waals surface area (Å²) in [6, 6.07) is 1.33. The molecule has 3 fully saturated rings. The number of nitrogens with one attached hydrogen (secondary N) is 1. The summed E-state index contributed by atoms with van der Waals surface area (Å²) in [4.78, 5) is 9.87. The first-order valence-corrected chi connectivity index (χ1v) is 8.96. The van der Waals surface area contributed by atoms with Crippen LogP contribution < -0.4 is 5.32 Å². The lowest BCUT2D eigenvalue weighted by Gasteiger charge is -2.27. The van der Waals surface area contributed by atoms with E-state index in [2.05, 4.69) is 36.0 Å². The molecule has 1 spiro atoms. The Morgan fingerprint density at radius 2 is 2.27 bits per heavy atom. The van der Waals surface area contributed by atoms with Gasteiger partial charge >= 0.3 is 0 Å². The summed E-state index contributed by atoms with van der Waals surface area (Å²) in [7, 11) is 2.24. The highest BCUT2D eigenvalue weighted by Gasteiger charge is 2.42. The van der Waals surface area contributed by atoms with Crippen LogP contribution in [0.2, 0.25) is 0 Å². The monoisotopic (exact) mass is 308 g/mol. The fourth-order valence-corrected chi connectivity index (χ4v) is 3.70. The van der Waals surface area contributed by atoms with E-state index in [-0.39, 0.29) is 0 Å². The van der Waals surface area contributed by atoms with Crippen LogP contribution in [0.15, 0.2) is 4.99 Å². The van der Waals surface area contributed by atoms with E-state index >= 15 is 0 Å². The Labute approximate surface area is 135 Å². The Hall–Kier alpha value is -0.810. The number of nitrogens with zero attached hydrogens (tertiary/aromatic N) is 3. The second kappa shape index (κ2) is 6.75. The number of rotatable bonds is 5. The molecule has 1 aliphatic carbocycles. The molecule has 0 aromatic carbocycles. The van der Waals surface area contributed by atoms with Crippen molar-refractivity contribution in [1.82, 2.24) is 15.1 Å². The number of ether oxygens (including phenoxy) is 1. The predicted octanol–water partition coefficient (Wildman–Crippen LogP) is 1.55. The van der Waals surface area contributed by atoms with Crippen LogP contribution in [0.25, 0.3) is 0 Å². The quantitative estimate of drug-likeness (QED) is 0.618. The van der Waals surface area contributed by atoms with Crippen LogP contribution in [0.3, 0.4) is 0 Å². The molecule has 5 nitrogen and oxygen atoms in total. The minimum atomic E-state index is 0.395. The fraction of sp³-hybridized carbons (Fsp3) is 0.941. The SMILES string of the molecule is CCNC(=NCC(C)N(C)C1CC1)N1CCC2(CCOC2)C1. The standard InChI is InChI=1S/C17H32N4O/c1-4-18-16(19-11-14(2)20(3)15-5-6-15)21-9-7-17(12-21)8-10-22-13-17/h14-15H,4-13H2,1-3H3,(H,18,19). The summed E-state index contributed by atoms with van der Waals surface area (Å²) in [5.74, 6) is 1.10. The van der Waals surface area contributed by atoms with E-state index in [9.17, 15) is 0 Å². The average molecular weight is 308 g/mol. The number of likely N-dealkylation sites (N-methyl/N-ethyl adjacent to an activating group) is 1. The maximum atomic E-state index is 5.64. The second-order valence-electron chi connectivity index (χ2n) is 7.41. The first-order chi connectivity index (χ1) is 10.6. The molecule has 3 aliphatic rings. The van der Waals surface area contributed by atoms with Gasteiger partial charge in [-0.1, -0.05) is 0 Å². The normalized spacial score (nSPS) is 30.5. The zero-order valence-corrected chi connectivity index (χ0v) is 14.5. The van der Waals surface area contributed by atoms with Crippen molar-refractivity contribution in [3.05, 3.63) is 0 Å². The summed E-state index contributed by atoms with van der Waals surface area (Å²) in [6.45, 7) is 10.4. The third-order valence-electron chi connectivity index (χ3n) is 5.58. The highest BCUT2D eigenvalue weighted by molar-refractivity contribution is 5.80. The minimum Gasteiger partial charge on any atom is -0.381 e. The van der Waals surface area contributed by atoms with Gasteiger partial charge in [-0.3, -0.25) is 9.89 Å². The molecule has 2 heterocycles. The van der Waals surface area contributed by atoms with E-state index in [4.69, 9.17) is 9.73 Å². The summed E-state index contributed by atoms with van der Waals surface area (Å²) in [5.41, 5.74) is 0.395. The molecule has 3 rings (SSSR count). The number of guanidine groups is 1. The Morgan fingerprint density at radius 1 is 1.45 bits per heavy atom. The van der Waals surface area contributed by atoms with Crippen molar-refractivity contribution in [3.63, 3.8) is 0 Å². The molecule has 0 amide bonds. The number of hydrogen-bond donors (Lipinski definition) is 1. The highest BCUT2D eigenvalue weighted by Crippen LogP contribution is 2.38. The first-order valence-electron chi connectivity index (χ1n) is 8.96. The lowest BCUT2D eigenvalue weighted by molar-refractivity contribution is 0.156. The van der Waals surface area contributed by atoms with Crippen LogP contribution in [-0.4, -0.2) is 74.3 Å². The molecule has 2 atom stereocenters. The van der Waals surface area contributed by atoms with Gasteiger partial charge in [-0.15, -0.1) is 0 Å². The predicted molar refractivity (Wildman–Crippen MR) is 90.3 cm³/mol. The average Bonchev–Trinajstić information content (AvgIpc) is 3.15. The second-order valence-corrected chi connectivity index (χ2v) is 7.41. The molecular weight excluding hydrogens is 276 g/mol. The molecule has 0 bridgehead atoms. The fourth-order valence-electron chi connectivity index (χ4n) is 3.70. The maximum Gasteiger partial charge on any atom is 0.193 e. The van der Waals surface area contributed by atoms with E-state index in [0.29, 0.717) is 11.5 Å². The molecule has 0 radical (unpaired) electrons. The minimum absolute atomic E-state index is 0.395. The smallest absolute Gasteiger partial charge is 0.193 e. The largest absolute Gasteiger partial charge is 0.381 e. The van der Waals surface area contributed by atoms with Crippen LogP contribution in [-0.2, 0) is 4.74 Å². The molecule has 0 aromatic rings. The third-order valence-corrected chi connectivity index (χ3v) is 5.58. The van der Waals surface area contributed by atoms with Gasteiger partial charge in [0.1, 0.15) is 0 Å². The van der Waals surface area contributed by atoms with Gasteiger partial charge in [0.15, 0.2) is 5.96 Å².